The van der Waals surface area contributed by atoms with Crippen molar-refractivity contribution in [2.45, 2.75) is 38.5 Å². The molecule has 0 bridgehead atoms. The summed E-state index contributed by atoms with van der Waals surface area (Å²) >= 11 is 4.38. The zero-order valence-electron chi connectivity index (χ0n) is 11.9. The van der Waals surface area contributed by atoms with Crippen LogP contribution in [0.1, 0.15) is 27.7 Å². The molecule has 5 heteroatoms. The van der Waals surface area contributed by atoms with Crippen molar-refractivity contribution in [1.82, 2.24) is 9.80 Å². The highest BCUT2D eigenvalue weighted by Crippen LogP contribution is 2.15. The van der Waals surface area contributed by atoms with Crippen molar-refractivity contribution >= 4 is 18.5 Å². The molecule has 1 unspecified atom stereocenters. The molecule has 1 atom stereocenters. The second-order valence-electron chi connectivity index (χ2n) is 6.10. The van der Waals surface area contributed by atoms with Gasteiger partial charge in [0.1, 0.15) is 0 Å². The number of carbonyl (C=O) groups is 1. The van der Waals surface area contributed by atoms with E-state index < -0.39 is 5.60 Å². The minimum Gasteiger partial charge on any atom is -0.389 e. The first-order valence-corrected chi connectivity index (χ1v) is 7.14. The third-order valence-corrected chi connectivity index (χ3v) is 4.00. The van der Waals surface area contributed by atoms with Gasteiger partial charge in [0.25, 0.3) is 0 Å². The molecule has 1 rings (SSSR count). The number of amides is 1. The average Bonchev–Trinajstić information content (AvgIpc) is 2.26. The molecule has 1 aliphatic rings. The normalized spacial score (nSPS) is 20.3. The molecule has 1 fully saturated rings. The van der Waals surface area contributed by atoms with Gasteiger partial charge >= 0.3 is 0 Å². The molecule has 0 aliphatic carbocycles. The molecule has 4 nitrogen and oxygen atoms in total. The fourth-order valence-corrected chi connectivity index (χ4v) is 2.31. The summed E-state index contributed by atoms with van der Waals surface area (Å²) in [6.07, 6.45) is 0. The molecule has 0 radical (unpaired) electrons. The lowest BCUT2D eigenvalue weighted by molar-refractivity contribution is -0.133. The smallest absolute Gasteiger partial charge is 0.235 e. The Morgan fingerprint density at radius 1 is 1.28 bits per heavy atom. The van der Waals surface area contributed by atoms with Gasteiger partial charge in [-0.3, -0.25) is 9.69 Å². The van der Waals surface area contributed by atoms with E-state index in [1.807, 2.05) is 32.6 Å². The summed E-state index contributed by atoms with van der Waals surface area (Å²) in [5.74, 6) is 0.395. The third kappa shape index (κ3) is 4.78. The number of β-amino-alcohol motifs (C(OH)–C–C–N with tert-alkyl or cyclic N) is 1. The Hall–Kier alpha value is -0.260. The van der Waals surface area contributed by atoms with Crippen LogP contribution in [0.4, 0.5) is 0 Å². The monoisotopic (exact) mass is 274 g/mol. The van der Waals surface area contributed by atoms with E-state index in [2.05, 4.69) is 17.5 Å². The topological polar surface area (TPSA) is 43.8 Å². The van der Waals surface area contributed by atoms with Crippen LogP contribution in [0.3, 0.4) is 0 Å². The first-order chi connectivity index (χ1) is 8.20. The van der Waals surface area contributed by atoms with Gasteiger partial charge in [0.05, 0.1) is 10.9 Å². The van der Waals surface area contributed by atoms with Crippen molar-refractivity contribution in [3.8, 4) is 0 Å². The summed E-state index contributed by atoms with van der Waals surface area (Å²) in [6.45, 7) is 11.4. The van der Waals surface area contributed by atoms with Gasteiger partial charge in [0, 0.05) is 32.7 Å². The molecule has 18 heavy (non-hydrogen) atoms. The number of hydrogen-bond donors (Lipinski definition) is 2. The Labute approximate surface area is 116 Å². The molecule has 0 aromatic rings. The predicted octanol–water partition coefficient (Wildman–Crippen LogP) is 0.856. The van der Waals surface area contributed by atoms with Gasteiger partial charge in [-0.25, -0.2) is 0 Å². The lowest BCUT2D eigenvalue weighted by Gasteiger charge is -2.38. The second kappa shape index (κ2) is 6.26. The number of hydrogen-bond acceptors (Lipinski definition) is 4. The molecule has 1 saturated heterocycles. The first kappa shape index (κ1) is 15.8. The van der Waals surface area contributed by atoms with E-state index in [4.69, 9.17) is 0 Å². The average molecular weight is 274 g/mol. The Balaban J connectivity index is 2.42. The molecule has 0 saturated carbocycles. The number of piperazine rings is 1. The van der Waals surface area contributed by atoms with Crippen LogP contribution in [0.25, 0.3) is 0 Å². The van der Waals surface area contributed by atoms with Crippen LogP contribution in [-0.2, 0) is 4.79 Å². The summed E-state index contributed by atoms with van der Waals surface area (Å²) in [7, 11) is 0. The fraction of sp³-hybridized carbons (Fsp3) is 0.923. The molecule has 0 aromatic heterocycles. The maximum absolute atomic E-state index is 12.1. The molecule has 1 heterocycles. The maximum atomic E-state index is 12.1. The van der Waals surface area contributed by atoms with Crippen LogP contribution in [0, 0.1) is 5.92 Å². The van der Waals surface area contributed by atoms with E-state index in [1.165, 1.54) is 0 Å². The Morgan fingerprint density at radius 3 is 2.17 bits per heavy atom. The number of aliphatic hydroxyl groups is 1. The zero-order chi connectivity index (χ0) is 13.9. The van der Waals surface area contributed by atoms with Crippen molar-refractivity contribution in [3.05, 3.63) is 0 Å². The number of thiol groups is 1. The molecule has 0 aromatic carbocycles. The lowest BCUT2D eigenvalue weighted by Crippen LogP contribution is -2.53. The van der Waals surface area contributed by atoms with E-state index in [0.29, 0.717) is 6.54 Å². The molecule has 1 N–H and O–H groups in total. The highest BCUT2D eigenvalue weighted by molar-refractivity contribution is 7.81. The van der Waals surface area contributed by atoms with Crippen LogP contribution in [0.5, 0.6) is 0 Å². The Morgan fingerprint density at radius 2 is 1.78 bits per heavy atom. The van der Waals surface area contributed by atoms with Crippen molar-refractivity contribution in [1.29, 1.82) is 0 Å². The molecule has 1 amide bonds. The standard InChI is InChI=1S/C13H26N2O2S/c1-10(2)11(18)12(16)15-7-5-14(6-8-15)9-13(3,4)17/h10-11,17-18H,5-9H2,1-4H3. The maximum Gasteiger partial charge on any atom is 0.235 e. The van der Waals surface area contributed by atoms with E-state index >= 15 is 0 Å². The zero-order valence-corrected chi connectivity index (χ0v) is 12.8. The number of nitrogens with zero attached hydrogens (tertiary/aromatic N) is 2. The van der Waals surface area contributed by atoms with Crippen molar-refractivity contribution in [3.63, 3.8) is 0 Å². The van der Waals surface area contributed by atoms with Gasteiger partial charge in [-0.2, -0.15) is 12.6 Å². The first-order valence-electron chi connectivity index (χ1n) is 6.62. The SMILES string of the molecule is CC(C)C(S)C(=O)N1CCN(CC(C)(C)O)CC1. The fourth-order valence-electron chi connectivity index (χ4n) is 2.15. The van der Waals surface area contributed by atoms with Gasteiger partial charge in [0.2, 0.25) is 5.91 Å². The van der Waals surface area contributed by atoms with Gasteiger partial charge in [-0.15, -0.1) is 0 Å². The van der Waals surface area contributed by atoms with E-state index in [1.54, 1.807) is 0 Å². The van der Waals surface area contributed by atoms with Crippen molar-refractivity contribution in [2.75, 3.05) is 32.7 Å². The lowest BCUT2D eigenvalue weighted by atomic mass is 10.1. The quantitative estimate of drug-likeness (QED) is 0.747. The molecular weight excluding hydrogens is 248 g/mol. The molecule has 106 valence electrons. The van der Waals surface area contributed by atoms with Crippen molar-refractivity contribution < 1.29 is 9.90 Å². The molecule has 1 aliphatic heterocycles. The van der Waals surface area contributed by atoms with Crippen LogP contribution >= 0.6 is 12.6 Å². The molecular formula is C13H26N2O2S. The molecule has 0 spiro atoms. The second-order valence-corrected chi connectivity index (χ2v) is 6.66. The van der Waals surface area contributed by atoms with Crippen LogP contribution in [0.2, 0.25) is 0 Å². The van der Waals surface area contributed by atoms with Crippen LogP contribution in [0.15, 0.2) is 0 Å². The summed E-state index contributed by atoms with van der Waals surface area (Å²) in [5.41, 5.74) is -0.670. The predicted molar refractivity (Wildman–Crippen MR) is 76.9 cm³/mol. The largest absolute Gasteiger partial charge is 0.389 e. The third-order valence-electron chi connectivity index (χ3n) is 3.18. The summed E-state index contributed by atoms with van der Waals surface area (Å²) < 4.78 is 0. The van der Waals surface area contributed by atoms with Gasteiger partial charge in [0.15, 0.2) is 0 Å². The number of carbonyl (C=O) groups excluding carboxylic acids is 1. The van der Waals surface area contributed by atoms with Crippen LogP contribution in [-0.4, -0.2) is 64.4 Å². The minimum absolute atomic E-state index is 0.135. The van der Waals surface area contributed by atoms with E-state index in [0.717, 1.165) is 26.2 Å². The summed E-state index contributed by atoms with van der Waals surface area (Å²) in [6, 6.07) is 0. The summed E-state index contributed by atoms with van der Waals surface area (Å²) in [4.78, 5) is 16.2. The Kier molecular flexibility index (Phi) is 5.49. The highest BCUT2D eigenvalue weighted by atomic mass is 32.1. The van der Waals surface area contributed by atoms with Gasteiger partial charge in [-0.1, -0.05) is 13.8 Å². The highest BCUT2D eigenvalue weighted by Gasteiger charge is 2.28. The van der Waals surface area contributed by atoms with Gasteiger partial charge < -0.3 is 10.0 Å². The Bertz CT molecular complexity index is 281. The van der Waals surface area contributed by atoms with Crippen LogP contribution < -0.4 is 0 Å². The minimum atomic E-state index is -0.670. The van der Waals surface area contributed by atoms with Crippen molar-refractivity contribution in [2.24, 2.45) is 5.92 Å². The summed E-state index contributed by atoms with van der Waals surface area (Å²) in [5, 5.41) is 9.57. The van der Waals surface area contributed by atoms with Gasteiger partial charge in [-0.05, 0) is 19.8 Å². The van der Waals surface area contributed by atoms with E-state index in [9.17, 15) is 9.90 Å². The van der Waals surface area contributed by atoms with E-state index in [-0.39, 0.29) is 17.1 Å². The number of rotatable bonds is 4.